The molecule has 6 nitrogen and oxygen atoms in total. The summed E-state index contributed by atoms with van der Waals surface area (Å²) >= 11 is 0. The number of nitrogens with one attached hydrogen (secondary N) is 1. The van der Waals surface area contributed by atoms with Gasteiger partial charge in [0.15, 0.2) is 11.5 Å². The Kier molecular flexibility index (Phi) is 3.05. The van der Waals surface area contributed by atoms with Gasteiger partial charge in [-0.05, 0) is 17.7 Å². The van der Waals surface area contributed by atoms with Crippen molar-refractivity contribution in [2.45, 2.75) is 6.54 Å². The van der Waals surface area contributed by atoms with Crippen LogP contribution < -0.4 is 5.32 Å². The minimum absolute atomic E-state index is 0.637. The van der Waals surface area contributed by atoms with Crippen molar-refractivity contribution in [1.82, 2.24) is 19.4 Å². The van der Waals surface area contributed by atoms with Gasteiger partial charge in [0.1, 0.15) is 0 Å². The van der Waals surface area contributed by atoms with Crippen molar-refractivity contribution >= 4 is 11.5 Å². The molecule has 22 heavy (non-hydrogen) atoms. The van der Waals surface area contributed by atoms with Crippen LogP contribution >= 0.6 is 0 Å². The summed E-state index contributed by atoms with van der Waals surface area (Å²) in [6, 6.07) is 5.82. The van der Waals surface area contributed by atoms with Crippen molar-refractivity contribution in [3.05, 3.63) is 67.3 Å². The predicted molar refractivity (Wildman–Crippen MR) is 82.3 cm³/mol. The van der Waals surface area contributed by atoms with E-state index in [1.165, 1.54) is 0 Å². The largest absolute Gasteiger partial charge is 0.472 e. The fraction of sp³-hybridized carbons (Fsp3) is 0.0625. The maximum absolute atomic E-state index is 5.14. The van der Waals surface area contributed by atoms with Crippen molar-refractivity contribution in [3.63, 3.8) is 0 Å². The number of pyridine rings is 1. The fourth-order valence-electron chi connectivity index (χ4n) is 2.29. The number of imidazole rings is 1. The Morgan fingerprint density at radius 3 is 3.05 bits per heavy atom. The molecular formula is C16H13N5O. The van der Waals surface area contributed by atoms with Gasteiger partial charge in [-0.1, -0.05) is 6.07 Å². The lowest BCUT2D eigenvalue weighted by Crippen LogP contribution is -2.05. The highest BCUT2D eigenvalue weighted by Crippen LogP contribution is 2.22. The molecule has 0 spiro atoms. The van der Waals surface area contributed by atoms with Crippen molar-refractivity contribution < 1.29 is 4.42 Å². The Morgan fingerprint density at radius 2 is 2.23 bits per heavy atom. The molecule has 0 amide bonds. The Morgan fingerprint density at radius 1 is 1.23 bits per heavy atom. The third-order valence-electron chi connectivity index (χ3n) is 3.37. The molecule has 4 aromatic heterocycles. The Hall–Kier alpha value is -3.15. The molecule has 0 radical (unpaired) electrons. The molecule has 0 bridgehead atoms. The SMILES string of the molecule is c1cncc(CNc2nc(-c3ccoc3)cn3ccnc23)c1. The van der Waals surface area contributed by atoms with Crippen molar-refractivity contribution in [2.75, 3.05) is 5.32 Å². The molecule has 4 heterocycles. The first-order valence-corrected chi connectivity index (χ1v) is 6.89. The first kappa shape index (κ1) is 12.6. The zero-order valence-corrected chi connectivity index (χ0v) is 11.7. The summed E-state index contributed by atoms with van der Waals surface area (Å²) < 4.78 is 7.08. The quantitative estimate of drug-likeness (QED) is 0.626. The zero-order valence-electron chi connectivity index (χ0n) is 11.7. The molecule has 0 aliphatic carbocycles. The minimum atomic E-state index is 0.637. The van der Waals surface area contributed by atoms with Crippen molar-refractivity contribution in [2.24, 2.45) is 0 Å². The van der Waals surface area contributed by atoms with Crippen molar-refractivity contribution in [3.8, 4) is 11.3 Å². The van der Waals surface area contributed by atoms with Gasteiger partial charge in [-0.3, -0.25) is 4.98 Å². The van der Waals surface area contributed by atoms with Crippen molar-refractivity contribution in [1.29, 1.82) is 0 Å². The number of hydrogen-bond acceptors (Lipinski definition) is 5. The highest BCUT2D eigenvalue weighted by molar-refractivity contribution is 5.68. The average Bonchev–Trinajstić information content (AvgIpc) is 3.24. The molecule has 0 fully saturated rings. The molecule has 4 aromatic rings. The topological polar surface area (TPSA) is 68.2 Å². The predicted octanol–water partition coefficient (Wildman–Crippen LogP) is 3.00. The van der Waals surface area contributed by atoms with Gasteiger partial charge in [0, 0.05) is 43.1 Å². The summed E-state index contributed by atoms with van der Waals surface area (Å²) in [5.41, 5.74) is 3.63. The number of hydrogen-bond donors (Lipinski definition) is 1. The van der Waals surface area contributed by atoms with Gasteiger partial charge in [0.2, 0.25) is 0 Å². The molecule has 0 aromatic carbocycles. The molecule has 1 N–H and O–H groups in total. The summed E-state index contributed by atoms with van der Waals surface area (Å²) in [5, 5.41) is 3.33. The number of furan rings is 1. The molecule has 6 heteroatoms. The second-order valence-corrected chi connectivity index (χ2v) is 4.86. The third-order valence-corrected chi connectivity index (χ3v) is 3.37. The lowest BCUT2D eigenvalue weighted by molar-refractivity contribution is 0.568. The Labute approximate surface area is 126 Å². The second-order valence-electron chi connectivity index (χ2n) is 4.86. The van der Waals surface area contributed by atoms with Crippen LogP contribution in [-0.2, 0) is 6.54 Å². The number of fused-ring (bicyclic) bond motifs is 1. The number of anilines is 1. The lowest BCUT2D eigenvalue weighted by Gasteiger charge is -2.09. The van der Waals surface area contributed by atoms with Crippen LogP contribution in [0.1, 0.15) is 5.56 Å². The summed E-state index contributed by atoms with van der Waals surface area (Å²) in [4.78, 5) is 13.1. The van der Waals surface area contributed by atoms with Gasteiger partial charge in [0.25, 0.3) is 0 Å². The van der Waals surface area contributed by atoms with E-state index in [4.69, 9.17) is 4.42 Å². The second kappa shape index (κ2) is 5.33. The van der Waals surface area contributed by atoms with Crippen LogP contribution in [0.3, 0.4) is 0 Å². The first-order valence-electron chi connectivity index (χ1n) is 6.89. The molecule has 108 valence electrons. The summed E-state index contributed by atoms with van der Waals surface area (Å²) in [6.07, 6.45) is 12.5. The van der Waals surface area contributed by atoms with E-state index in [2.05, 4.69) is 20.3 Å². The monoisotopic (exact) mass is 291 g/mol. The van der Waals surface area contributed by atoms with Gasteiger partial charge in [-0.15, -0.1) is 0 Å². The Bertz CT molecular complexity index is 883. The molecule has 0 saturated carbocycles. The number of aromatic nitrogens is 4. The maximum atomic E-state index is 5.14. The normalized spacial score (nSPS) is 10.9. The van der Waals surface area contributed by atoms with E-state index in [-0.39, 0.29) is 0 Å². The molecule has 0 saturated heterocycles. The molecule has 0 atom stereocenters. The lowest BCUT2D eigenvalue weighted by atomic mass is 10.2. The average molecular weight is 291 g/mol. The van der Waals surface area contributed by atoms with Crippen LogP contribution in [0.4, 0.5) is 5.82 Å². The molecule has 0 aliphatic rings. The third kappa shape index (κ3) is 2.31. The molecule has 0 unspecified atom stereocenters. The smallest absolute Gasteiger partial charge is 0.180 e. The standard InChI is InChI=1S/C16H13N5O/c1-2-12(8-17-4-1)9-19-15-16-18-5-6-21(16)10-14(20-15)13-3-7-22-11-13/h1-8,10-11H,9H2,(H,19,20). The molecule has 0 aliphatic heterocycles. The first-order chi connectivity index (χ1) is 10.9. The summed E-state index contributed by atoms with van der Waals surface area (Å²) in [5.74, 6) is 0.729. The van der Waals surface area contributed by atoms with E-state index >= 15 is 0 Å². The van der Waals surface area contributed by atoms with Gasteiger partial charge in [-0.2, -0.15) is 0 Å². The van der Waals surface area contributed by atoms with Crippen LogP contribution in [0.5, 0.6) is 0 Å². The minimum Gasteiger partial charge on any atom is -0.472 e. The van der Waals surface area contributed by atoms with E-state index in [1.807, 2.05) is 41.2 Å². The van der Waals surface area contributed by atoms with Gasteiger partial charge < -0.3 is 14.1 Å². The Balaban J connectivity index is 1.71. The molecular weight excluding hydrogens is 278 g/mol. The van der Waals surface area contributed by atoms with Gasteiger partial charge in [-0.25, -0.2) is 9.97 Å². The van der Waals surface area contributed by atoms with E-state index in [9.17, 15) is 0 Å². The molecule has 4 rings (SSSR count). The van der Waals surface area contributed by atoms with Crippen LogP contribution in [0.15, 0.2) is 66.1 Å². The van der Waals surface area contributed by atoms with Crippen LogP contribution in [0, 0.1) is 0 Å². The van der Waals surface area contributed by atoms with Gasteiger partial charge in [0.05, 0.1) is 18.2 Å². The highest BCUT2D eigenvalue weighted by Gasteiger charge is 2.09. The van der Waals surface area contributed by atoms with E-state index in [0.717, 1.165) is 28.3 Å². The maximum Gasteiger partial charge on any atom is 0.180 e. The number of rotatable bonds is 4. The van der Waals surface area contributed by atoms with E-state index in [1.54, 1.807) is 24.9 Å². The number of nitrogens with zero attached hydrogens (tertiary/aromatic N) is 4. The van der Waals surface area contributed by atoms with Crippen LogP contribution in [0.2, 0.25) is 0 Å². The highest BCUT2D eigenvalue weighted by atomic mass is 16.3. The van der Waals surface area contributed by atoms with E-state index < -0.39 is 0 Å². The zero-order chi connectivity index (χ0) is 14.8. The van der Waals surface area contributed by atoms with Crippen LogP contribution in [0.25, 0.3) is 16.9 Å². The van der Waals surface area contributed by atoms with E-state index in [0.29, 0.717) is 6.54 Å². The van der Waals surface area contributed by atoms with Gasteiger partial charge >= 0.3 is 0 Å². The van der Waals surface area contributed by atoms with Crippen LogP contribution in [-0.4, -0.2) is 19.4 Å². The fourth-order valence-corrected chi connectivity index (χ4v) is 2.29. The summed E-state index contributed by atoms with van der Waals surface area (Å²) in [7, 11) is 0. The summed E-state index contributed by atoms with van der Waals surface area (Å²) in [6.45, 7) is 0.637.